The zero-order valence-electron chi connectivity index (χ0n) is 7.87. The first kappa shape index (κ1) is 8.45. The summed E-state index contributed by atoms with van der Waals surface area (Å²) in [6.45, 7) is 3.81. The molecule has 13 heavy (non-hydrogen) atoms. The van der Waals surface area contributed by atoms with E-state index < -0.39 is 5.41 Å². The first-order valence-electron chi connectivity index (χ1n) is 4.44. The van der Waals surface area contributed by atoms with Crippen LogP contribution in [0.3, 0.4) is 0 Å². The van der Waals surface area contributed by atoms with Crippen LogP contribution in [0.25, 0.3) is 0 Å². The molecule has 1 atom stereocenters. The molecule has 1 aromatic carbocycles. The third kappa shape index (κ3) is 0.954. The number of nitrogens with two attached hydrogens (primary N) is 1. The number of fused-ring (bicyclic) bond motifs is 1. The molecule has 0 bridgehead atoms. The summed E-state index contributed by atoms with van der Waals surface area (Å²) in [4.78, 5) is 11.8. The normalized spacial score (nSPS) is 24.5. The third-order valence-corrected chi connectivity index (χ3v) is 2.90. The summed E-state index contributed by atoms with van der Waals surface area (Å²) in [7, 11) is 0. The predicted molar refractivity (Wildman–Crippen MR) is 51.5 cm³/mol. The average Bonchev–Trinajstić information content (AvgIpc) is 2.30. The van der Waals surface area contributed by atoms with E-state index in [-0.39, 0.29) is 11.8 Å². The summed E-state index contributed by atoms with van der Waals surface area (Å²) in [5.74, 6) is 0.163. The van der Waals surface area contributed by atoms with Crippen LogP contribution in [0.4, 0.5) is 0 Å². The van der Waals surface area contributed by atoms with Crippen LogP contribution in [0.5, 0.6) is 0 Å². The SMILES string of the molecule is CC1(C)C(=O)c2ccccc2[C@H]1N. The molecule has 0 fully saturated rings. The van der Waals surface area contributed by atoms with E-state index in [9.17, 15) is 4.79 Å². The Hall–Kier alpha value is -1.15. The highest BCUT2D eigenvalue weighted by Crippen LogP contribution is 2.42. The van der Waals surface area contributed by atoms with Crippen molar-refractivity contribution < 1.29 is 4.79 Å². The van der Waals surface area contributed by atoms with Crippen LogP contribution < -0.4 is 5.73 Å². The van der Waals surface area contributed by atoms with Crippen LogP contribution in [0.15, 0.2) is 24.3 Å². The van der Waals surface area contributed by atoms with Gasteiger partial charge in [-0.05, 0) is 5.56 Å². The molecule has 0 spiro atoms. The van der Waals surface area contributed by atoms with Crippen molar-refractivity contribution in [2.75, 3.05) is 0 Å². The largest absolute Gasteiger partial charge is 0.323 e. The fourth-order valence-corrected chi connectivity index (χ4v) is 1.85. The Labute approximate surface area is 77.8 Å². The van der Waals surface area contributed by atoms with Crippen LogP contribution in [0.2, 0.25) is 0 Å². The molecule has 68 valence electrons. The highest BCUT2D eigenvalue weighted by molar-refractivity contribution is 6.05. The smallest absolute Gasteiger partial charge is 0.170 e. The average molecular weight is 175 g/mol. The van der Waals surface area contributed by atoms with Crippen molar-refractivity contribution in [3.8, 4) is 0 Å². The van der Waals surface area contributed by atoms with Gasteiger partial charge in [0.2, 0.25) is 0 Å². The number of carbonyl (C=O) groups is 1. The van der Waals surface area contributed by atoms with Crippen LogP contribution in [-0.4, -0.2) is 5.78 Å². The molecular weight excluding hydrogens is 162 g/mol. The van der Waals surface area contributed by atoms with Gasteiger partial charge in [0.1, 0.15) is 0 Å². The molecule has 0 saturated heterocycles. The summed E-state index contributed by atoms with van der Waals surface area (Å²) < 4.78 is 0. The second-order valence-electron chi connectivity index (χ2n) is 4.12. The molecule has 1 aromatic rings. The molecule has 2 N–H and O–H groups in total. The molecule has 0 aliphatic heterocycles. The topological polar surface area (TPSA) is 43.1 Å². The van der Waals surface area contributed by atoms with Crippen LogP contribution in [0, 0.1) is 5.41 Å². The van der Waals surface area contributed by atoms with Crippen molar-refractivity contribution in [3.05, 3.63) is 35.4 Å². The molecule has 1 aliphatic carbocycles. The van der Waals surface area contributed by atoms with Gasteiger partial charge in [0.25, 0.3) is 0 Å². The molecule has 2 rings (SSSR count). The molecular formula is C11H13NO. The molecule has 2 nitrogen and oxygen atoms in total. The van der Waals surface area contributed by atoms with Gasteiger partial charge in [-0.15, -0.1) is 0 Å². The Morgan fingerprint density at radius 3 is 2.54 bits per heavy atom. The summed E-state index contributed by atoms with van der Waals surface area (Å²) in [5, 5.41) is 0. The van der Waals surface area contributed by atoms with Crippen LogP contribution in [-0.2, 0) is 0 Å². The van der Waals surface area contributed by atoms with E-state index in [1.165, 1.54) is 0 Å². The van der Waals surface area contributed by atoms with Crippen molar-refractivity contribution in [2.45, 2.75) is 19.9 Å². The highest BCUT2D eigenvalue weighted by atomic mass is 16.1. The fourth-order valence-electron chi connectivity index (χ4n) is 1.85. The maximum atomic E-state index is 11.8. The van der Waals surface area contributed by atoms with Gasteiger partial charge in [-0.3, -0.25) is 4.79 Å². The van der Waals surface area contributed by atoms with Crippen molar-refractivity contribution in [1.82, 2.24) is 0 Å². The highest BCUT2D eigenvalue weighted by Gasteiger charge is 2.43. The van der Waals surface area contributed by atoms with Gasteiger partial charge < -0.3 is 5.73 Å². The summed E-state index contributed by atoms with van der Waals surface area (Å²) in [6.07, 6.45) is 0. The maximum absolute atomic E-state index is 11.8. The second-order valence-corrected chi connectivity index (χ2v) is 4.12. The molecule has 1 aliphatic rings. The minimum Gasteiger partial charge on any atom is -0.323 e. The Balaban J connectivity index is 2.64. The monoisotopic (exact) mass is 175 g/mol. The van der Waals surface area contributed by atoms with E-state index in [1.807, 2.05) is 38.1 Å². The fraction of sp³-hybridized carbons (Fsp3) is 0.364. The van der Waals surface area contributed by atoms with Gasteiger partial charge in [0.05, 0.1) is 0 Å². The zero-order valence-corrected chi connectivity index (χ0v) is 7.87. The second kappa shape index (κ2) is 2.42. The Bertz CT molecular complexity index is 368. The lowest BCUT2D eigenvalue weighted by Gasteiger charge is -2.21. The molecule has 0 heterocycles. The molecule has 0 aromatic heterocycles. The van der Waals surface area contributed by atoms with Gasteiger partial charge in [0.15, 0.2) is 5.78 Å². The van der Waals surface area contributed by atoms with E-state index in [4.69, 9.17) is 5.73 Å². The van der Waals surface area contributed by atoms with E-state index >= 15 is 0 Å². The molecule has 0 saturated carbocycles. The molecule has 0 amide bonds. The number of hydrogen-bond acceptors (Lipinski definition) is 2. The first-order chi connectivity index (χ1) is 6.05. The van der Waals surface area contributed by atoms with Crippen LogP contribution >= 0.6 is 0 Å². The van der Waals surface area contributed by atoms with E-state index in [0.29, 0.717) is 0 Å². The minimum atomic E-state index is -0.441. The van der Waals surface area contributed by atoms with Gasteiger partial charge in [-0.25, -0.2) is 0 Å². The number of carbonyl (C=O) groups excluding carboxylic acids is 1. The summed E-state index contributed by atoms with van der Waals surface area (Å²) >= 11 is 0. The van der Waals surface area contributed by atoms with Crippen molar-refractivity contribution in [1.29, 1.82) is 0 Å². The number of benzene rings is 1. The standard InChI is InChI=1S/C11H13NO/c1-11(2)9(12)7-5-3-4-6-8(7)10(11)13/h3-6,9H,12H2,1-2H3/t9-/m1/s1. The van der Waals surface area contributed by atoms with E-state index in [1.54, 1.807) is 0 Å². The Kier molecular flexibility index (Phi) is 1.57. The number of ketones is 1. The summed E-state index contributed by atoms with van der Waals surface area (Å²) in [5.41, 5.74) is 7.33. The maximum Gasteiger partial charge on any atom is 0.170 e. The molecule has 2 heteroatoms. The quantitative estimate of drug-likeness (QED) is 0.654. The Morgan fingerprint density at radius 1 is 1.31 bits per heavy atom. The minimum absolute atomic E-state index is 0.156. The van der Waals surface area contributed by atoms with E-state index in [2.05, 4.69) is 0 Å². The first-order valence-corrected chi connectivity index (χ1v) is 4.44. The lowest BCUT2D eigenvalue weighted by atomic mass is 9.85. The number of hydrogen-bond donors (Lipinski definition) is 1. The lowest BCUT2D eigenvalue weighted by Crippen LogP contribution is -2.29. The van der Waals surface area contributed by atoms with Crippen molar-refractivity contribution in [2.24, 2.45) is 11.1 Å². The third-order valence-electron chi connectivity index (χ3n) is 2.90. The number of rotatable bonds is 0. The summed E-state index contributed by atoms with van der Waals surface area (Å²) in [6, 6.07) is 7.44. The van der Waals surface area contributed by atoms with E-state index in [0.717, 1.165) is 11.1 Å². The molecule has 0 unspecified atom stereocenters. The van der Waals surface area contributed by atoms with Crippen LogP contribution in [0.1, 0.15) is 35.8 Å². The van der Waals surface area contributed by atoms with Crippen molar-refractivity contribution in [3.63, 3.8) is 0 Å². The Morgan fingerprint density at radius 2 is 1.92 bits per heavy atom. The van der Waals surface area contributed by atoms with Gasteiger partial charge in [-0.2, -0.15) is 0 Å². The van der Waals surface area contributed by atoms with Gasteiger partial charge in [0, 0.05) is 17.0 Å². The van der Waals surface area contributed by atoms with Crippen molar-refractivity contribution >= 4 is 5.78 Å². The zero-order chi connectivity index (χ0) is 9.64. The number of Topliss-reactive ketones (excluding diaryl/α,β-unsaturated/α-hetero) is 1. The predicted octanol–water partition coefficient (Wildman–Crippen LogP) is 1.91. The molecule has 0 radical (unpaired) electrons. The lowest BCUT2D eigenvalue weighted by molar-refractivity contribution is 0.0836. The van der Waals surface area contributed by atoms with Gasteiger partial charge >= 0.3 is 0 Å². The van der Waals surface area contributed by atoms with Gasteiger partial charge in [-0.1, -0.05) is 38.1 Å².